The molecule has 0 aliphatic carbocycles. The number of halogens is 1. The highest BCUT2D eigenvalue weighted by Gasteiger charge is 2.19. The highest BCUT2D eigenvalue weighted by atomic mass is 127. The predicted octanol–water partition coefficient (Wildman–Crippen LogP) is 4.08. The topological polar surface area (TPSA) is 48.7 Å². The van der Waals surface area contributed by atoms with E-state index in [2.05, 4.69) is 0 Å². The zero-order valence-electron chi connectivity index (χ0n) is 12.1. The van der Waals surface area contributed by atoms with Crippen molar-refractivity contribution in [3.05, 3.63) is 56.3 Å². The molecule has 0 bridgehead atoms. The predicted molar refractivity (Wildman–Crippen MR) is 93.7 cm³/mol. The average Bonchev–Trinajstić information content (AvgIpc) is 2.57. The highest BCUT2D eigenvalue weighted by molar-refractivity contribution is 14.1. The summed E-state index contributed by atoms with van der Waals surface area (Å²) >= 11 is 2.02. The minimum atomic E-state index is -0.0818. The van der Waals surface area contributed by atoms with Crippen molar-refractivity contribution in [3.63, 3.8) is 0 Å². The standard InChI is InChI=1S/C17H13IO4/c1-20-12-9-8-11-14(19)13(18)15(10-6-4-3-5-7-10)22-16(11)17(12)21-2/h3-9H,1-2H3. The van der Waals surface area contributed by atoms with Crippen molar-refractivity contribution in [2.75, 3.05) is 14.2 Å². The fourth-order valence-corrected chi connectivity index (χ4v) is 3.03. The second kappa shape index (κ2) is 6.00. The molecule has 0 aliphatic heterocycles. The minimum Gasteiger partial charge on any atom is -0.493 e. The van der Waals surface area contributed by atoms with E-state index < -0.39 is 0 Å². The number of hydrogen-bond acceptors (Lipinski definition) is 4. The Balaban J connectivity index is 2.41. The molecule has 0 fully saturated rings. The number of methoxy groups -OCH3 is 2. The summed E-state index contributed by atoms with van der Waals surface area (Å²) in [5, 5.41) is 0.474. The third kappa shape index (κ3) is 2.35. The van der Waals surface area contributed by atoms with Gasteiger partial charge < -0.3 is 13.9 Å². The molecule has 3 rings (SSSR count). The number of fused-ring (bicyclic) bond motifs is 1. The Labute approximate surface area is 140 Å². The van der Waals surface area contributed by atoms with Crippen LogP contribution in [0, 0.1) is 3.57 Å². The number of benzene rings is 2. The lowest BCUT2D eigenvalue weighted by atomic mass is 10.1. The zero-order valence-corrected chi connectivity index (χ0v) is 14.2. The third-order valence-electron chi connectivity index (χ3n) is 3.38. The van der Waals surface area contributed by atoms with Crippen LogP contribution in [0.2, 0.25) is 0 Å². The van der Waals surface area contributed by atoms with E-state index >= 15 is 0 Å². The van der Waals surface area contributed by atoms with E-state index in [9.17, 15) is 4.79 Å². The van der Waals surface area contributed by atoms with Crippen LogP contribution in [0.4, 0.5) is 0 Å². The summed E-state index contributed by atoms with van der Waals surface area (Å²) in [6.07, 6.45) is 0. The average molecular weight is 408 g/mol. The van der Waals surface area contributed by atoms with Crippen molar-refractivity contribution in [2.45, 2.75) is 0 Å². The summed E-state index contributed by atoms with van der Waals surface area (Å²) in [5.41, 5.74) is 1.16. The fourth-order valence-electron chi connectivity index (χ4n) is 2.32. The molecule has 0 aliphatic rings. The molecule has 0 atom stereocenters. The number of rotatable bonds is 3. The van der Waals surface area contributed by atoms with Crippen LogP contribution in [0.3, 0.4) is 0 Å². The van der Waals surface area contributed by atoms with E-state index in [1.165, 1.54) is 7.11 Å². The number of ether oxygens (including phenoxy) is 2. The van der Waals surface area contributed by atoms with Gasteiger partial charge in [0.2, 0.25) is 11.2 Å². The van der Waals surface area contributed by atoms with Crippen molar-refractivity contribution < 1.29 is 13.9 Å². The zero-order chi connectivity index (χ0) is 15.7. The van der Waals surface area contributed by atoms with Gasteiger partial charge in [-0.25, -0.2) is 0 Å². The van der Waals surface area contributed by atoms with Gasteiger partial charge >= 0.3 is 0 Å². The molecular formula is C17H13IO4. The Morgan fingerprint density at radius 1 is 1.00 bits per heavy atom. The first-order valence-electron chi connectivity index (χ1n) is 6.60. The van der Waals surface area contributed by atoms with Crippen LogP contribution in [0.5, 0.6) is 11.5 Å². The molecule has 4 nitrogen and oxygen atoms in total. The van der Waals surface area contributed by atoms with Gasteiger partial charge in [-0.3, -0.25) is 4.79 Å². The minimum absolute atomic E-state index is 0.0818. The van der Waals surface area contributed by atoms with E-state index in [-0.39, 0.29) is 5.43 Å². The summed E-state index contributed by atoms with van der Waals surface area (Å²) in [4.78, 5) is 12.6. The maximum atomic E-state index is 12.6. The van der Waals surface area contributed by atoms with Crippen LogP contribution in [0.15, 0.2) is 51.7 Å². The van der Waals surface area contributed by atoms with E-state index in [4.69, 9.17) is 13.9 Å². The Hall–Kier alpha value is -2.02. The van der Waals surface area contributed by atoms with Gasteiger partial charge in [0.1, 0.15) is 3.57 Å². The summed E-state index contributed by atoms with van der Waals surface area (Å²) < 4.78 is 17.2. The third-order valence-corrected chi connectivity index (χ3v) is 4.36. The van der Waals surface area contributed by atoms with Crippen LogP contribution in [0.25, 0.3) is 22.3 Å². The van der Waals surface area contributed by atoms with E-state index in [0.717, 1.165) is 5.56 Å². The first kappa shape index (κ1) is 14.9. The van der Waals surface area contributed by atoms with Crippen LogP contribution < -0.4 is 14.9 Å². The Morgan fingerprint density at radius 2 is 1.73 bits per heavy atom. The summed E-state index contributed by atoms with van der Waals surface area (Å²) in [7, 11) is 3.07. The van der Waals surface area contributed by atoms with Gasteiger partial charge in [0.15, 0.2) is 17.1 Å². The fraction of sp³-hybridized carbons (Fsp3) is 0.118. The van der Waals surface area contributed by atoms with Gasteiger partial charge in [-0.2, -0.15) is 0 Å². The molecule has 0 amide bonds. The maximum absolute atomic E-state index is 12.6. The van der Waals surface area contributed by atoms with Gasteiger partial charge in [0.05, 0.1) is 19.6 Å². The molecule has 22 heavy (non-hydrogen) atoms. The molecule has 0 radical (unpaired) electrons. The highest BCUT2D eigenvalue weighted by Crippen LogP contribution is 2.37. The van der Waals surface area contributed by atoms with Gasteiger partial charge in [0, 0.05) is 5.56 Å². The summed E-state index contributed by atoms with van der Waals surface area (Å²) in [6, 6.07) is 12.9. The smallest absolute Gasteiger partial charge is 0.206 e. The molecular weight excluding hydrogens is 395 g/mol. The molecule has 0 spiro atoms. The SMILES string of the molecule is COc1ccc2c(=O)c(I)c(-c3ccccc3)oc2c1OC. The molecule has 5 heteroatoms. The molecule has 1 aromatic heterocycles. The van der Waals surface area contributed by atoms with Gasteiger partial charge in [-0.15, -0.1) is 0 Å². The molecule has 1 heterocycles. The van der Waals surface area contributed by atoms with Gasteiger partial charge in [-0.05, 0) is 34.7 Å². The molecule has 0 unspecified atom stereocenters. The lowest BCUT2D eigenvalue weighted by Crippen LogP contribution is -2.08. The van der Waals surface area contributed by atoms with E-state index in [0.29, 0.717) is 31.8 Å². The Kier molecular flexibility index (Phi) is 4.06. The lowest BCUT2D eigenvalue weighted by molar-refractivity contribution is 0.353. The number of hydrogen-bond donors (Lipinski definition) is 0. The van der Waals surface area contributed by atoms with Crippen molar-refractivity contribution in [3.8, 4) is 22.8 Å². The second-order valence-electron chi connectivity index (χ2n) is 4.62. The first-order valence-corrected chi connectivity index (χ1v) is 7.68. The van der Waals surface area contributed by atoms with Gasteiger partial charge in [0.25, 0.3) is 0 Å². The van der Waals surface area contributed by atoms with Gasteiger partial charge in [-0.1, -0.05) is 30.3 Å². The molecule has 112 valence electrons. The summed E-state index contributed by atoms with van der Waals surface area (Å²) in [5.74, 6) is 1.48. The Morgan fingerprint density at radius 3 is 2.36 bits per heavy atom. The monoisotopic (exact) mass is 408 g/mol. The largest absolute Gasteiger partial charge is 0.493 e. The lowest BCUT2D eigenvalue weighted by Gasteiger charge is -2.11. The van der Waals surface area contributed by atoms with Crippen LogP contribution >= 0.6 is 22.6 Å². The van der Waals surface area contributed by atoms with Crippen molar-refractivity contribution in [1.29, 1.82) is 0 Å². The van der Waals surface area contributed by atoms with E-state index in [1.54, 1.807) is 19.2 Å². The summed E-state index contributed by atoms with van der Waals surface area (Å²) in [6.45, 7) is 0. The molecule has 3 aromatic rings. The van der Waals surface area contributed by atoms with Crippen molar-refractivity contribution in [1.82, 2.24) is 0 Å². The van der Waals surface area contributed by atoms with Crippen molar-refractivity contribution in [2.24, 2.45) is 0 Å². The normalized spacial score (nSPS) is 10.7. The van der Waals surface area contributed by atoms with Crippen LogP contribution in [-0.2, 0) is 0 Å². The first-order chi connectivity index (χ1) is 10.7. The van der Waals surface area contributed by atoms with E-state index in [1.807, 2.05) is 52.9 Å². The quantitative estimate of drug-likeness (QED) is 0.613. The second-order valence-corrected chi connectivity index (χ2v) is 5.70. The van der Waals surface area contributed by atoms with Crippen LogP contribution in [-0.4, -0.2) is 14.2 Å². The maximum Gasteiger partial charge on any atom is 0.206 e. The molecule has 0 saturated carbocycles. The van der Waals surface area contributed by atoms with Crippen molar-refractivity contribution >= 4 is 33.6 Å². The molecule has 2 aromatic carbocycles. The molecule has 0 N–H and O–H groups in total. The Bertz CT molecular complexity index is 885. The van der Waals surface area contributed by atoms with Crippen LogP contribution in [0.1, 0.15) is 0 Å². The molecule has 0 saturated heterocycles.